The maximum absolute atomic E-state index is 3.91. The highest BCUT2D eigenvalue weighted by Gasteiger charge is 2.02. The molecule has 1 heteroatoms. The first-order valence-electron chi connectivity index (χ1n) is 4.72. The van der Waals surface area contributed by atoms with E-state index in [0.717, 1.165) is 21.2 Å². The van der Waals surface area contributed by atoms with Gasteiger partial charge in [-0.15, -0.1) is 0 Å². The smallest absolute Gasteiger partial charge is 0.0181 e. The van der Waals surface area contributed by atoms with Crippen molar-refractivity contribution in [3.05, 3.63) is 48.6 Å². The van der Waals surface area contributed by atoms with Crippen molar-refractivity contribution < 1.29 is 0 Å². The van der Waals surface area contributed by atoms with E-state index >= 15 is 0 Å². The van der Waals surface area contributed by atoms with Crippen LogP contribution in [0.3, 0.4) is 0 Å². The molecule has 0 aliphatic rings. The molecule has 0 atom stereocenters. The molecule has 1 aromatic rings. The van der Waals surface area contributed by atoms with Gasteiger partial charge in [-0.1, -0.05) is 72.8 Å². The third-order valence-corrected chi connectivity index (χ3v) is 2.11. The Labute approximate surface area is 95.5 Å². The van der Waals surface area contributed by atoms with E-state index in [2.05, 4.69) is 29.1 Å². The maximum atomic E-state index is 3.91. The van der Waals surface area contributed by atoms with Crippen molar-refractivity contribution in [2.45, 2.75) is 20.8 Å². The van der Waals surface area contributed by atoms with E-state index in [-0.39, 0.29) is 0 Å². The second-order valence-corrected chi connectivity index (χ2v) is 3.69. The highest BCUT2D eigenvalue weighted by atomic mass is 79.9. The summed E-state index contributed by atoms with van der Waals surface area (Å²) in [6.45, 7) is 13.7. The molecule has 1 aromatic carbocycles. The molecule has 0 saturated carbocycles. The van der Waals surface area contributed by atoms with Crippen LogP contribution < -0.4 is 0 Å². The van der Waals surface area contributed by atoms with Gasteiger partial charge in [-0.3, -0.25) is 0 Å². The fourth-order valence-corrected chi connectivity index (χ4v) is 1.44. The molecular formula is C13H17Br. The SMILES string of the molecule is C=C(C)c1ccccc1C(=C)Br.CC. The predicted molar refractivity (Wildman–Crippen MR) is 70.5 cm³/mol. The number of halogens is 1. The summed E-state index contributed by atoms with van der Waals surface area (Å²) in [5.41, 5.74) is 3.33. The van der Waals surface area contributed by atoms with Crippen LogP contribution in [0, 0.1) is 0 Å². The molecule has 0 nitrogen and oxygen atoms in total. The molecule has 0 unspecified atom stereocenters. The van der Waals surface area contributed by atoms with E-state index in [9.17, 15) is 0 Å². The van der Waals surface area contributed by atoms with Gasteiger partial charge < -0.3 is 0 Å². The van der Waals surface area contributed by atoms with E-state index in [4.69, 9.17) is 0 Å². The Balaban J connectivity index is 0.000000791. The first-order chi connectivity index (χ1) is 6.63. The largest absolute Gasteiger partial charge is 0.0955 e. The summed E-state index contributed by atoms with van der Waals surface area (Å²) in [4.78, 5) is 0. The van der Waals surface area contributed by atoms with E-state index in [1.807, 2.05) is 45.0 Å². The average Bonchev–Trinajstić information content (AvgIpc) is 2.20. The molecule has 0 aliphatic heterocycles. The zero-order valence-corrected chi connectivity index (χ0v) is 10.7. The standard InChI is InChI=1S/C11H11Br.C2H6/c1-8(2)10-6-4-5-7-11(10)9(3)12;1-2/h4-7H,1,3H2,2H3;1-2H3. The Morgan fingerprint density at radius 1 is 1.07 bits per heavy atom. The van der Waals surface area contributed by atoms with Gasteiger partial charge in [0.25, 0.3) is 0 Å². The monoisotopic (exact) mass is 252 g/mol. The highest BCUT2D eigenvalue weighted by Crippen LogP contribution is 2.26. The molecule has 14 heavy (non-hydrogen) atoms. The molecular weight excluding hydrogens is 236 g/mol. The van der Waals surface area contributed by atoms with Crippen LogP contribution in [0.5, 0.6) is 0 Å². The molecule has 0 radical (unpaired) electrons. The van der Waals surface area contributed by atoms with Crippen LogP contribution in [0.1, 0.15) is 31.9 Å². The van der Waals surface area contributed by atoms with Crippen molar-refractivity contribution in [2.24, 2.45) is 0 Å². The van der Waals surface area contributed by atoms with Crippen LogP contribution in [-0.4, -0.2) is 0 Å². The van der Waals surface area contributed by atoms with Gasteiger partial charge in [0.05, 0.1) is 0 Å². The number of allylic oxidation sites excluding steroid dienone is 1. The average molecular weight is 253 g/mol. The van der Waals surface area contributed by atoms with Crippen molar-refractivity contribution in [3.63, 3.8) is 0 Å². The Hall–Kier alpha value is -0.820. The molecule has 0 heterocycles. The summed E-state index contributed by atoms with van der Waals surface area (Å²) in [6.07, 6.45) is 0. The minimum absolute atomic E-state index is 0.904. The van der Waals surface area contributed by atoms with Gasteiger partial charge >= 0.3 is 0 Å². The summed E-state index contributed by atoms with van der Waals surface area (Å²) in [7, 11) is 0. The van der Waals surface area contributed by atoms with Crippen molar-refractivity contribution in [1.82, 2.24) is 0 Å². The van der Waals surface area contributed by atoms with Gasteiger partial charge in [0.15, 0.2) is 0 Å². The Kier molecular flexibility index (Phi) is 6.22. The van der Waals surface area contributed by atoms with Crippen molar-refractivity contribution in [2.75, 3.05) is 0 Å². The fourth-order valence-electron chi connectivity index (χ4n) is 1.09. The lowest BCUT2D eigenvalue weighted by Crippen LogP contribution is -1.85. The Bertz CT molecular complexity index is 291. The van der Waals surface area contributed by atoms with E-state index in [1.165, 1.54) is 0 Å². The molecule has 0 bridgehead atoms. The first-order valence-corrected chi connectivity index (χ1v) is 5.52. The lowest BCUT2D eigenvalue weighted by molar-refractivity contribution is 1.50. The zero-order chi connectivity index (χ0) is 11.1. The van der Waals surface area contributed by atoms with E-state index in [0.29, 0.717) is 0 Å². The second-order valence-electron chi connectivity index (χ2n) is 2.73. The van der Waals surface area contributed by atoms with Crippen LogP contribution in [-0.2, 0) is 0 Å². The maximum Gasteiger partial charge on any atom is 0.0181 e. The number of hydrogen-bond acceptors (Lipinski definition) is 0. The summed E-state index contributed by atoms with van der Waals surface area (Å²) in [5, 5.41) is 0. The quantitative estimate of drug-likeness (QED) is 0.686. The van der Waals surface area contributed by atoms with E-state index in [1.54, 1.807) is 0 Å². The van der Waals surface area contributed by atoms with Crippen molar-refractivity contribution in [3.8, 4) is 0 Å². The second kappa shape index (κ2) is 6.61. The normalized spacial score (nSPS) is 8.57. The molecule has 1 rings (SSSR count). The number of hydrogen-bond donors (Lipinski definition) is 0. The predicted octanol–water partition coefficient (Wildman–Crippen LogP) is 5.11. The third-order valence-electron chi connectivity index (χ3n) is 1.68. The first kappa shape index (κ1) is 13.2. The number of rotatable bonds is 2. The fraction of sp³-hybridized carbons (Fsp3) is 0.231. The molecule has 76 valence electrons. The van der Waals surface area contributed by atoms with Crippen molar-refractivity contribution >= 4 is 26.0 Å². The summed E-state index contributed by atoms with van der Waals surface area (Å²) in [6, 6.07) is 8.07. The van der Waals surface area contributed by atoms with Crippen LogP contribution in [0.25, 0.3) is 10.1 Å². The lowest BCUT2D eigenvalue weighted by atomic mass is 10.0. The van der Waals surface area contributed by atoms with Gasteiger partial charge in [-0.2, -0.15) is 0 Å². The van der Waals surface area contributed by atoms with Crippen LogP contribution in [0.4, 0.5) is 0 Å². The van der Waals surface area contributed by atoms with Gasteiger partial charge in [0, 0.05) is 4.48 Å². The minimum Gasteiger partial charge on any atom is -0.0955 e. The van der Waals surface area contributed by atoms with Gasteiger partial charge in [-0.25, -0.2) is 0 Å². The van der Waals surface area contributed by atoms with E-state index < -0.39 is 0 Å². The van der Waals surface area contributed by atoms with Gasteiger partial charge in [0.1, 0.15) is 0 Å². The topological polar surface area (TPSA) is 0 Å². The Morgan fingerprint density at radius 3 is 1.79 bits per heavy atom. The summed E-state index contributed by atoms with van der Waals surface area (Å²) in [5.74, 6) is 0. The summed E-state index contributed by atoms with van der Waals surface area (Å²) < 4.78 is 0.904. The van der Waals surface area contributed by atoms with Gasteiger partial charge in [0.2, 0.25) is 0 Å². The van der Waals surface area contributed by atoms with Crippen LogP contribution in [0.15, 0.2) is 37.4 Å². The molecule has 0 saturated heterocycles. The molecule has 0 N–H and O–H groups in total. The Morgan fingerprint density at radius 2 is 1.50 bits per heavy atom. The molecule has 0 amide bonds. The molecule has 0 fully saturated rings. The molecule has 0 aliphatic carbocycles. The van der Waals surface area contributed by atoms with Crippen molar-refractivity contribution in [1.29, 1.82) is 0 Å². The third kappa shape index (κ3) is 3.51. The lowest BCUT2D eigenvalue weighted by Gasteiger charge is -2.06. The van der Waals surface area contributed by atoms with Gasteiger partial charge in [-0.05, 0) is 18.1 Å². The van der Waals surface area contributed by atoms with Crippen LogP contribution in [0.2, 0.25) is 0 Å². The zero-order valence-electron chi connectivity index (χ0n) is 9.10. The summed E-state index contributed by atoms with van der Waals surface area (Å²) >= 11 is 3.37. The van der Waals surface area contributed by atoms with Crippen LogP contribution >= 0.6 is 15.9 Å². The highest BCUT2D eigenvalue weighted by molar-refractivity contribution is 9.15. The molecule has 0 spiro atoms. The molecule has 0 aromatic heterocycles. The minimum atomic E-state index is 0.904. The number of benzene rings is 1.